The molecule has 198 valence electrons. The number of nitrogens with zero attached hydrogens (tertiary/aromatic N) is 2. The molecule has 0 unspecified atom stereocenters. The maximum Gasteiger partial charge on any atom is 0.338 e. The number of allylic oxidation sites excluding steroid dienone is 1. The Morgan fingerprint density at radius 1 is 1.08 bits per heavy atom. The number of carbonyl (C=O) groups excluding carboxylic acids is 2. The third kappa shape index (κ3) is 5.40. The highest BCUT2D eigenvalue weighted by Gasteiger charge is 2.33. The molecule has 0 spiro atoms. The molecular weight excluding hydrogens is 508 g/mol. The SMILES string of the molecule is CCOC(=O)C1=C(C)N=c2sc(=Cc3ccc(OC(C)=O)c(OCC)c3)c(=O)n2[C@H]1c1ccc(OC)cc1. The Balaban J connectivity index is 1.88. The lowest BCUT2D eigenvalue weighted by Gasteiger charge is -2.24. The van der Waals surface area contributed by atoms with Crippen LogP contribution in [-0.4, -0.2) is 36.8 Å². The zero-order valence-electron chi connectivity index (χ0n) is 21.8. The van der Waals surface area contributed by atoms with Crippen LogP contribution < -0.4 is 29.1 Å². The minimum absolute atomic E-state index is 0.195. The topological polar surface area (TPSA) is 105 Å². The third-order valence-electron chi connectivity index (χ3n) is 5.77. The van der Waals surface area contributed by atoms with Gasteiger partial charge in [0.25, 0.3) is 5.56 Å². The number of fused-ring (bicyclic) bond motifs is 1. The van der Waals surface area contributed by atoms with Gasteiger partial charge in [0.05, 0.1) is 42.2 Å². The van der Waals surface area contributed by atoms with Crippen molar-refractivity contribution in [2.75, 3.05) is 20.3 Å². The molecule has 0 amide bonds. The van der Waals surface area contributed by atoms with E-state index in [1.165, 1.54) is 22.8 Å². The number of thiazole rings is 1. The van der Waals surface area contributed by atoms with Crippen molar-refractivity contribution in [2.45, 2.75) is 33.7 Å². The minimum Gasteiger partial charge on any atom is -0.497 e. The zero-order valence-corrected chi connectivity index (χ0v) is 22.6. The smallest absolute Gasteiger partial charge is 0.338 e. The van der Waals surface area contributed by atoms with E-state index in [1.54, 1.807) is 57.4 Å². The van der Waals surface area contributed by atoms with E-state index in [9.17, 15) is 14.4 Å². The van der Waals surface area contributed by atoms with Crippen molar-refractivity contribution in [3.63, 3.8) is 0 Å². The fourth-order valence-electron chi connectivity index (χ4n) is 4.17. The van der Waals surface area contributed by atoms with Gasteiger partial charge in [0.2, 0.25) is 0 Å². The van der Waals surface area contributed by atoms with Crippen molar-refractivity contribution in [3.05, 3.63) is 84.5 Å². The molecule has 3 aromatic rings. The van der Waals surface area contributed by atoms with Gasteiger partial charge in [0.1, 0.15) is 5.75 Å². The fourth-order valence-corrected chi connectivity index (χ4v) is 5.21. The minimum atomic E-state index is -0.719. The van der Waals surface area contributed by atoms with Gasteiger partial charge in [-0.15, -0.1) is 0 Å². The maximum atomic E-state index is 13.8. The standard InChI is InChI=1S/C28H28N2O7S/c1-6-35-22-14-18(8-13-21(22)37-17(4)31)15-23-26(32)30-25(19-9-11-20(34-5)12-10-19)24(27(33)36-7-2)16(3)29-28(30)38-23/h8-15,25H,6-7H2,1-5H3/t25-/m0/s1. The highest BCUT2D eigenvalue weighted by molar-refractivity contribution is 7.07. The highest BCUT2D eigenvalue weighted by atomic mass is 32.1. The number of ether oxygens (including phenoxy) is 4. The van der Waals surface area contributed by atoms with Crippen LogP contribution >= 0.6 is 11.3 Å². The molecule has 0 fully saturated rings. The van der Waals surface area contributed by atoms with Gasteiger partial charge in [-0.05, 0) is 62.2 Å². The zero-order chi connectivity index (χ0) is 27.4. The maximum absolute atomic E-state index is 13.8. The highest BCUT2D eigenvalue weighted by Crippen LogP contribution is 2.32. The van der Waals surface area contributed by atoms with Crippen LogP contribution in [0.4, 0.5) is 0 Å². The molecule has 38 heavy (non-hydrogen) atoms. The van der Waals surface area contributed by atoms with Gasteiger partial charge in [-0.25, -0.2) is 9.79 Å². The van der Waals surface area contributed by atoms with Gasteiger partial charge in [0, 0.05) is 6.92 Å². The Morgan fingerprint density at radius 3 is 2.45 bits per heavy atom. The molecule has 0 aliphatic carbocycles. The van der Waals surface area contributed by atoms with E-state index < -0.39 is 18.0 Å². The summed E-state index contributed by atoms with van der Waals surface area (Å²) in [6, 6.07) is 11.5. The van der Waals surface area contributed by atoms with E-state index in [0.717, 1.165) is 5.56 Å². The summed E-state index contributed by atoms with van der Waals surface area (Å²) in [7, 11) is 1.57. The molecule has 1 atom stereocenters. The summed E-state index contributed by atoms with van der Waals surface area (Å²) in [6.07, 6.45) is 1.72. The molecule has 9 nitrogen and oxygen atoms in total. The van der Waals surface area contributed by atoms with Crippen LogP contribution in [-0.2, 0) is 14.3 Å². The summed E-state index contributed by atoms with van der Waals surface area (Å²) in [5, 5.41) is 0. The summed E-state index contributed by atoms with van der Waals surface area (Å²) in [5.41, 5.74) is 1.89. The lowest BCUT2D eigenvalue weighted by atomic mass is 9.96. The molecule has 1 aliphatic heterocycles. The average molecular weight is 537 g/mol. The van der Waals surface area contributed by atoms with E-state index in [0.29, 0.717) is 50.0 Å². The van der Waals surface area contributed by atoms with Crippen LogP contribution in [0.25, 0.3) is 6.08 Å². The van der Waals surface area contributed by atoms with Gasteiger partial charge in [-0.1, -0.05) is 29.5 Å². The van der Waals surface area contributed by atoms with Crippen molar-refractivity contribution in [2.24, 2.45) is 4.99 Å². The molecule has 1 aliphatic rings. The summed E-state index contributed by atoms with van der Waals surface area (Å²) < 4.78 is 23.4. The van der Waals surface area contributed by atoms with Gasteiger partial charge >= 0.3 is 11.9 Å². The lowest BCUT2D eigenvalue weighted by molar-refractivity contribution is -0.139. The molecule has 0 saturated heterocycles. The van der Waals surface area contributed by atoms with Crippen molar-refractivity contribution in [3.8, 4) is 17.2 Å². The van der Waals surface area contributed by atoms with Crippen LogP contribution in [0, 0.1) is 0 Å². The molecule has 2 heterocycles. The van der Waals surface area contributed by atoms with E-state index in [1.807, 2.05) is 19.1 Å². The average Bonchev–Trinajstić information content (AvgIpc) is 3.19. The third-order valence-corrected chi connectivity index (χ3v) is 6.75. The first-order valence-electron chi connectivity index (χ1n) is 12.1. The number of aromatic nitrogens is 1. The molecule has 4 rings (SSSR count). The molecule has 0 bridgehead atoms. The Morgan fingerprint density at radius 2 is 1.82 bits per heavy atom. The first-order valence-corrected chi connectivity index (χ1v) is 12.9. The number of esters is 2. The molecule has 2 aromatic carbocycles. The molecule has 10 heteroatoms. The molecule has 0 N–H and O–H groups in total. The Labute approximate surface area is 223 Å². The predicted molar refractivity (Wildman–Crippen MR) is 142 cm³/mol. The number of rotatable bonds is 8. The quantitative estimate of drug-likeness (QED) is 0.322. The number of carbonyl (C=O) groups is 2. The van der Waals surface area contributed by atoms with Gasteiger partial charge < -0.3 is 18.9 Å². The molecule has 0 saturated carbocycles. The van der Waals surface area contributed by atoms with Crippen molar-refractivity contribution >= 4 is 29.4 Å². The summed E-state index contributed by atoms with van der Waals surface area (Å²) in [4.78, 5) is 43.3. The normalized spacial score (nSPS) is 15.0. The second kappa shape index (κ2) is 11.5. The second-order valence-electron chi connectivity index (χ2n) is 8.31. The Bertz CT molecular complexity index is 1580. The number of methoxy groups -OCH3 is 1. The molecule has 0 radical (unpaired) electrons. The van der Waals surface area contributed by atoms with Crippen molar-refractivity contribution < 1.29 is 28.5 Å². The van der Waals surface area contributed by atoms with E-state index in [2.05, 4.69) is 4.99 Å². The largest absolute Gasteiger partial charge is 0.497 e. The first kappa shape index (κ1) is 26.9. The number of benzene rings is 2. The van der Waals surface area contributed by atoms with Gasteiger partial charge in [0.15, 0.2) is 16.3 Å². The van der Waals surface area contributed by atoms with Crippen LogP contribution in [0.2, 0.25) is 0 Å². The van der Waals surface area contributed by atoms with E-state index >= 15 is 0 Å². The van der Waals surface area contributed by atoms with E-state index in [-0.39, 0.29) is 12.2 Å². The predicted octanol–water partition coefficient (Wildman–Crippen LogP) is 3.13. The fraction of sp³-hybridized carbons (Fsp3) is 0.286. The lowest BCUT2D eigenvalue weighted by Crippen LogP contribution is -2.39. The summed E-state index contributed by atoms with van der Waals surface area (Å²) in [6.45, 7) is 7.18. The Kier molecular flexibility index (Phi) is 8.11. The molecular formula is C28H28N2O7S. The first-order chi connectivity index (χ1) is 18.3. The second-order valence-corrected chi connectivity index (χ2v) is 9.32. The number of hydrogen-bond acceptors (Lipinski definition) is 9. The van der Waals surface area contributed by atoms with E-state index in [4.69, 9.17) is 18.9 Å². The summed E-state index contributed by atoms with van der Waals surface area (Å²) in [5.74, 6) is 0.361. The van der Waals surface area contributed by atoms with Gasteiger partial charge in [-0.2, -0.15) is 0 Å². The Hall–Kier alpha value is -4.18. The van der Waals surface area contributed by atoms with Crippen LogP contribution in [0.15, 0.2) is 63.5 Å². The number of hydrogen-bond donors (Lipinski definition) is 0. The van der Waals surface area contributed by atoms with Crippen molar-refractivity contribution in [1.82, 2.24) is 4.57 Å². The van der Waals surface area contributed by atoms with Crippen LogP contribution in [0.5, 0.6) is 17.2 Å². The van der Waals surface area contributed by atoms with Crippen LogP contribution in [0.1, 0.15) is 44.9 Å². The summed E-state index contributed by atoms with van der Waals surface area (Å²) >= 11 is 1.22. The van der Waals surface area contributed by atoms with Gasteiger partial charge in [-0.3, -0.25) is 14.2 Å². The van der Waals surface area contributed by atoms with Crippen molar-refractivity contribution in [1.29, 1.82) is 0 Å². The van der Waals surface area contributed by atoms with Crippen LogP contribution in [0.3, 0.4) is 0 Å². The molecule has 1 aromatic heterocycles. The monoisotopic (exact) mass is 536 g/mol.